The van der Waals surface area contributed by atoms with Gasteiger partial charge in [-0.3, -0.25) is 14.4 Å². The normalized spacial score (nSPS) is 15.1. The molecule has 2 aromatic rings. The molecule has 25 heavy (non-hydrogen) atoms. The van der Waals surface area contributed by atoms with Crippen LogP contribution in [0.15, 0.2) is 23.4 Å². The van der Waals surface area contributed by atoms with E-state index >= 15 is 0 Å². The fraction of sp³-hybridized carbons (Fsp3) is 0.375. The molecule has 1 aliphatic rings. The van der Waals surface area contributed by atoms with Crippen molar-refractivity contribution in [2.45, 2.75) is 13.3 Å². The lowest BCUT2D eigenvalue weighted by Crippen LogP contribution is -2.37. The molecule has 8 nitrogen and oxygen atoms in total. The average molecular weight is 364 g/mol. The van der Waals surface area contributed by atoms with E-state index in [0.29, 0.717) is 43.9 Å². The lowest BCUT2D eigenvalue weighted by Gasteiger charge is -2.22. The van der Waals surface area contributed by atoms with Crippen LogP contribution in [0.4, 0.5) is 0 Å². The molecule has 1 fully saturated rings. The number of hydrogen-bond donors (Lipinski definition) is 2. The van der Waals surface area contributed by atoms with E-state index in [1.807, 2.05) is 0 Å². The van der Waals surface area contributed by atoms with Crippen molar-refractivity contribution >= 4 is 23.4 Å². The SMILES string of the molecule is Cc1[nH]cnc1C(=O)N1CCCN(C(=O)c2c[nH]c(=O)c(Cl)c2)CC1. The Morgan fingerprint density at radius 1 is 1.12 bits per heavy atom. The van der Waals surface area contributed by atoms with Gasteiger partial charge in [0.15, 0.2) is 0 Å². The summed E-state index contributed by atoms with van der Waals surface area (Å²) in [6.07, 6.45) is 3.52. The molecule has 0 bridgehead atoms. The first-order valence-corrected chi connectivity index (χ1v) is 8.32. The quantitative estimate of drug-likeness (QED) is 0.832. The molecule has 1 saturated heterocycles. The van der Waals surface area contributed by atoms with Crippen LogP contribution in [0.2, 0.25) is 5.02 Å². The van der Waals surface area contributed by atoms with Crippen molar-refractivity contribution < 1.29 is 9.59 Å². The molecule has 0 aliphatic carbocycles. The number of pyridine rings is 1. The second-order valence-corrected chi connectivity index (χ2v) is 6.29. The third-order valence-corrected chi connectivity index (χ3v) is 4.49. The second kappa shape index (κ2) is 7.10. The molecule has 2 amide bonds. The lowest BCUT2D eigenvalue weighted by atomic mass is 10.2. The van der Waals surface area contributed by atoms with Crippen molar-refractivity contribution in [1.82, 2.24) is 24.8 Å². The summed E-state index contributed by atoms with van der Waals surface area (Å²) in [5, 5.41) is -0.0218. The summed E-state index contributed by atoms with van der Waals surface area (Å²) in [4.78, 5) is 49.2. The van der Waals surface area contributed by atoms with E-state index in [-0.39, 0.29) is 16.8 Å². The van der Waals surface area contributed by atoms with Crippen molar-refractivity contribution in [2.75, 3.05) is 26.2 Å². The van der Waals surface area contributed by atoms with Crippen LogP contribution in [0.5, 0.6) is 0 Å². The zero-order chi connectivity index (χ0) is 18.0. The Balaban J connectivity index is 1.70. The lowest BCUT2D eigenvalue weighted by molar-refractivity contribution is 0.0715. The number of carbonyl (C=O) groups excluding carboxylic acids is 2. The highest BCUT2D eigenvalue weighted by Gasteiger charge is 2.25. The number of rotatable bonds is 2. The zero-order valence-electron chi connectivity index (χ0n) is 13.7. The highest BCUT2D eigenvalue weighted by atomic mass is 35.5. The number of halogens is 1. The van der Waals surface area contributed by atoms with Crippen LogP contribution in [-0.2, 0) is 0 Å². The summed E-state index contributed by atoms with van der Waals surface area (Å²) in [7, 11) is 0. The Labute approximate surface area is 148 Å². The minimum absolute atomic E-state index is 0.0218. The number of hydrogen-bond acceptors (Lipinski definition) is 4. The monoisotopic (exact) mass is 363 g/mol. The van der Waals surface area contributed by atoms with E-state index in [0.717, 1.165) is 5.69 Å². The van der Waals surface area contributed by atoms with E-state index in [4.69, 9.17) is 11.6 Å². The smallest absolute Gasteiger partial charge is 0.274 e. The number of aromatic nitrogens is 3. The maximum Gasteiger partial charge on any atom is 0.274 e. The number of H-pyrrole nitrogens is 2. The largest absolute Gasteiger partial charge is 0.348 e. The summed E-state index contributed by atoms with van der Waals surface area (Å²) in [5.74, 6) is -0.358. The van der Waals surface area contributed by atoms with E-state index in [1.165, 1.54) is 18.6 Å². The molecule has 2 N–H and O–H groups in total. The minimum Gasteiger partial charge on any atom is -0.348 e. The van der Waals surface area contributed by atoms with Crippen LogP contribution in [0.25, 0.3) is 0 Å². The van der Waals surface area contributed by atoms with Gasteiger partial charge in [0.25, 0.3) is 17.4 Å². The summed E-state index contributed by atoms with van der Waals surface area (Å²) in [6.45, 7) is 3.72. The Morgan fingerprint density at radius 2 is 1.80 bits per heavy atom. The van der Waals surface area contributed by atoms with Gasteiger partial charge < -0.3 is 19.8 Å². The predicted octanol–water partition coefficient (Wildman–Crippen LogP) is 1.05. The van der Waals surface area contributed by atoms with Gasteiger partial charge in [-0.1, -0.05) is 11.6 Å². The highest BCUT2D eigenvalue weighted by Crippen LogP contribution is 2.13. The number of amides is 2. The van der Waals surface area contributed by atoms with Crippen LogP contribution in [0, 0.1) is 6.92 Å². The molecule has 2 aromatic heterocycles. The van der Waals surface area contributed by atoms with E-state index in [2.05, 4.69) is 15.0 Å². The molecule has 3 rings (SSSR count). The topological polar surface area (TPSA) is 102 Å². The maximum absolute atomic E-state index is 12.6. The van der Waals surface area contributed by atoms with Gasteiger partial charge >= 0.3 is 0 Å². The molecule has 0 atom stereocenters. The molecular weight excluding hydrogens is 346 g/mol. The fourth-order valence-electron chi connectivity index (χ4n) is 2.81. The average Bonchev–Trinajstić information content (AvgIpc) is 2.88. The molecule has 0 aromatic carbocycles. The van der Waals surface area contributed by atoms with Crippen molar-refractivity contribution in [3.8, 4) is 0 Å². The van der Waals surface area contributed by atoms with Crippen molar-refractivity contribution in [2.24, 2.45) is 0 Å². The summed E-state index contributed by atoms with van der Waals surface area (Å²) in [5.41, 5.74) is 1.03. The van der Waals surface area contributed by atoms with E-state index < -0.39 is 5.56 Å². The van der Waals surface area contributed by atoms with Gasteiger partial charge in [0.2, 0.25) is 0 Å². The summed E-state index contributed by atoms with van der Waals surface area (Å²) >= 11 is 5.79. The molecule has 0 spiro atoms. The van der Waals surface area contributed by atoms with Crippen LogP contribution in [0.3, 0.4) is 0 Å². The third kappa shape index (κ3) is 3.58. The predicted molar refractivity (Wildman–Crippen MR) is 91.8 cm³/mol. The van der Waals surface area contributed by atoms with Crippen molar-refractivity contribution in [1.29, 1.82) is 0 Å². The number of imidazole rings is 1. The van der Waals surface area contributed by atoms with Crippen LogP contribution >= 0.6 is 11.6 Å². The van der Waals surface area contributed by atoms with Gasteiger partial charge in [-0.2, -0.15) is 0 Å². The number of aryl methyl sites for hydroxylation is 1. The second-order valence-electron chi connectivity index (χ2n) is 5.88. The van der Waals surface area contributed by atoms with Gasteiger partial charge in [-0.05, 0) is 19.4 Å². The van der Waals surface area contributed by atoms with Crippen molar-refractivity contribution in [3.05, 3.63) is 50.9 Å². The van der Waals surface area contributed by atoms with E-state index in [9.17, 15) is 14.4 Å². The minimum atomic E-state index is -0.430. The van der Waals surface area contributed by atoms with Crippen LogP contribution in [0.1, 0.15) is 33.0 Å². The Hall–Kier alpha value is -2.61. The molecule has 9 heteroatoms. The van der Waals surface area contributed by atoms with Crippen molar-refractivity contribution in [3.63, 3.8) is 0 Å². The van der Waals surface area contributed by atoms with E-state index in [1.54, 1.807) is 16.7 Å². The fourth-order valence-corrected chi connectivity index (χ4v) is 2.98. The first-order chi connectivity index (χ1) is 12.0. The Bertz CT molecular complexity index is 859. The molecule has 1 aliphatic heterocycles. The first-order valence-electron chi connectivity index (χ1n) is 7.94. The molecule has 0 unspecified atom stereocenters. The van der Waals surface area contributed by atoms with Gasteiger partial charge in [0, 0.05) is 38.1 Å². The molecule has 132 valence electrons. The Kier molecular flexibility index (Phi) is 4.89. The number of carbonyl (C=O) groups is 2. The standard InChI is InChI=1S/C16H18ClN5O3/c1-10-13(20-9-19-10)16(25)22-4-2-3-21(5-6-22)15(24)11-7-12(17)14(23)18-8-11/h7-9H,2-6H2,1H3,(H,18,23)(H,19,20). The van der Waals surface area contributed by atoms with Gasteiger partial charge in [-0.25, -0.2) is 4.98 Å². The Morgan fingerprint density at radius 3 is 2.40 bits per heavy atom. The first kappa shape index (κ1) is 17.2. The maximum atomic E-state index is 12.6. The summed E-state index contributed by atoms with van der Waals surface area (Å²) in [6, 6.07) is 1.36. The number of nitrogens with one attached hydrogen (secondary N) is 2. The van der Waals surface area contributed by atoms with Crippen LogP contribution < -0.4 is 5.56 Å². The summed E-state index contributed by atoms with van der Waals surface area (Å²) < 4.78 is 0. The van der Waals surface area contributed by atoms with Crippen LogP contribution in [-0.4, -0.2) is 62.7 Å². The third-order valence-electron chi connectivity index (χ3n) is 4.21. The molecule has 0 radical (unpaired) electrons. The molecular formula is C16H18ClN5O3. The van der Waals surface area contributed by atoms with Gasteiger partial charge in [0.05, 0.1) is 11.9 Å². The molecule has 0 saturated carbocycles. The highest BCUT2D eigenvalue weighted by molar-refractivity contribution is 6.30. The van der Waals surface area contributed by atoms with Gasteiger partial charge in [-0.15, -0.1) is 0 Å². The molecule has 3 heterocycles. The number of nitrogens with zero attached hydrogens (tertiary/aromatic N) is 3. The zero-order valence-corrected chi connectivity index (χ0v) is 14.5. The number of aromatic amines is 2. The van der Waals surface area contributed by atoms with Gasteiger partial charge in [0.1, 0.15) is 10.7 Å².